The number of halogens is 1. The Kier molecular flexibility index (Phi) is 10.7. The molecule has 0 spiro atoms. The highest BCUT2D eigenvalue weighted by Crippen LogP contribution is 2.21. The van der Waals surface area contributed by atoms with Gasteiger partial charge in [-0.1, -0.05) is 13.3 Å². The number of nitrogens with one attached hydrogen (secondary N) is 1. The van der Waals surface area contributed by atoms with Crippen LogP contribution in [0.5, 0.6) is 0 Å². The van der Waals surface area contributed by atoms with Crippen LogP contribution in [0.2, 0.25) is 0 Å². The van der Waals surface area contributed by atoms with Crippen LogP contribution < -0.4 is 5.32 Å². The lowest BCUT2D eigenvalue weighted by Gasteiger charge is -2.31. The largest absolute Gasteiger partial charge is 0.356 e. The Balaban J connectivity index is 0.00000261. The van der Waals surface area contributed by atoms with E-state index in [4.69, 9.17) is 0 Å². The van der Waals surface area contributed by atoms with Crippen LogP contribution in [-0.4, -0.2) is 86.6 Å². The predicted octanol–water partition coefficient (Wildman–Crippen LogP) is 3.11. The van der Waals surface area contributed by atoms with Gasteiger partial charge in [-0.15, -0.1) is 24.0 Å². The van der Waals surface area contributed by atoms with Crippen molar-refractivity contribution in [3.8, 4) is 0 Å². The normalized spacial score (nSPS) is 26.2. The second kappa shape index (κ2) is 12.5. The van der Waals surface area contributed by atoms with Gasteiger partial charge in [0.1, 0.15) is 0 Å². The van der Waals surface area contributed by atoms with Crippen LogP contribution in [0.4, 0.5) is 0 Å². The average molecular weight is 492 g/mol. The Hall–Kier alpha value is -0.0800. The summed E-state index contributed by atoms with van der Waals surface area (Å²) in [5, 5.41) is 3.66. The van der Waals surface area contributed by atoms with Gasteiger partial charge < -0.3 is 20.0 Å². The smallest absolute Gasteiger partial charge is 0.193 e. The van der Waals surface area contributed by atoms with Crippen molar-refractivity contribution in [1.29, 1.82) is 0 Å². The zero-order chi connectivity index (χ0) is 18.2. The van der Waals surface area contributed by atoms with Crippen LogP contribution in [0.1, 0.15) is 51.9 Å². The lowest BCUT2D eigenvalue weighted by molar-refractivity contribution is 0.187. The van der Waals surface area contributed by atoms with E-state index in [2.05, 4.69) is 31.9 Å². The molecule has 3 aliphatic rings. The van der Waals surface area contributed by atoms with Crippen LogP contribution in [0, 0.1) is 11.8 Å². The molecule has 3 saturated heterocycles. The molecule has 1 N–H and O–H groups in total. The van der Waals surface area contributed by atoms with Crippen LogP contribution in [0.15, 0.2) is 4.99 Å². The van der Waals surface area contributed by atoms with Gasteiger partial charge >= 0.3 is 0 Å². The molecule has 5 nitrogen and oxygen atoms in total. The molecule has 0 aromatic rings. The number of guanidine groups is 1. The quantitative estimate of drug-likeness (QED) is 0.352. The number of nitrogens with zero attached hydrogens (tertiary/aromatic N) is 4. The maximum absolute atomic E-state index is 4.57. The third kappa shape index (κ3) is 7.35. The first-order valence-electron chi connectivity index (χ1n) is 11.2. The minimum atomic E-state index is 0. The molecule has 1 unspecified atom stereocenters. The van der Waals surface area contributed by atoms with E-state index < -0.39 is 0 Å². The van der Waals surface area contributed by atoms with Crippen molar-refractivity contribution in [2.45, 2.75) is 51.9 Å². The molecule has 3 heterocycles. The summed E-state index contributed by atoms with van der Waals surface area (Å²) in [4.78, 5) is 12.3. The number of aliphatic imine (C=N–C) groups is 1. The summed E-state index contributed by atoms with van der Waals surface area (Å²) in [6.07, 6.45) is 9.59. The SMILES string of the molecule is CCN1CCC(CCNC(=NC)N2CCC(CN3CCCCC3)C2)CC1.I. The van der Waals surface area contributed by atoms with Crippen molar-refractivity contribution in [3.63, 3.8) is 0 Å². The molecule has 0 aromatic carbocycles. The number of likely N-dealkylation sites (tertiary alicyclic amines) is 3. The zero-order valence-corrected chi connectivity index (χ0v) is 20.0. The van der Waals surface area contributed by atoms with Crippen LogP contribution in [0.3, 0.4) is 0 Å². The zero-order valence-electron chi connectivity index (χ0n) is 17.7. The summed E-state index contributed by atoms with van der Waals surface area (Å²) in [5.74, 6) is 2.86. The first-order chi connectivity index (χ1) is 12.8. The lowest BCUT2D eigenvalue weighted by atomic mass is 9.93. The van der Waals surface area contributed by atoms with Crippen LogP contribution in [-0.2, 0) is 0 Å². The van der Waals surface area contributed by atoms with E-state index in [-0.39, 0.29) is 24.0 Å². The van der Waals surface area contributed by atoms with Crippen molar-refractivity contribution in [2.24, 2.45) is 16.8 Å². The van der Waals surface area contributed by atoms with Crippen LogP contribution >= 0.6 is 24.0 Å². The summed E-state index contributed by atoms with van der Waals surface area (Å²) in [5.41, 5.74) is 0. The maximum Gasteiger partial charge on any atom is 0.193 e. The van der Waals surface area contributed by atoms with Gasteiger partial charge in [0.2, 0.25) is 0 Å². The Morgan fingerprint density at radius 2 is 1.63 bits per heavy atom. The fourth-order valence-electron chi connectivity index (χ4n) is 4.99. The highest BCUT2D eigenvalue weighted by molar-refractivity contribution is 14.0. The predicted molar refractivity (Wildman–Crippen MR) is 126 cm³/mol. The summed E-state index contributed by atoms with van der Waals surface area (Å²) < 4.78 is 0. The molecule has 0 saturated carbocycles. The van der Waals surface area contributed by atoms with E-state index in [0.29, 0.717) is 0 Å². The average Bonchev–Trinajstić information content (AvgIpc) is 3.15. The minimum absolute atomic E-state index is 0. The second-order valence-corrected chi connectivity index (χ2v) is 8.60. The van der Waals surface area contributed by atoms with Crippen LogP contribution in [0.25, 0.3) is 0 Å². The molecule has 3 aliphatic heterocycles. The molecule has 0 aliphatic carbocycles. The number of hydrogen-bond donors (Lipinski definition) is 1. The highest BCUT2D eigenvalue weighted by Gasteiger charge is 2.27. The fraction of sp³-hybridized carbons (Fsp3) is 0.952. The van der Waals surface area contributed by atoms with Gasteiger partial charge in [-0.3, -0.25) is 4.99 Å². The van der Waals surface area contributed by atoms with E-state index >= 15 is 0 Å². The van der Waals surface area contributed by atoms with Crippen molar-refractivity contribution in [3.05, 3.63) is 0 Å². The van der Waals surface area contributed by atoms with Gasteiger partial charge in [0.25, 0.3) is 0 Å². The third-order valence-electron chi connectivity index (χ3n) is 6.75. The summed E-state index contributed by atoms with van der Waals surface area (Å²) in [6.45, 7) is 13.4. The molecule has 158 valence electrons. The first kappa shape index (κ1) is 23.2. The number of rotatable bonds is 6. The molecule has 3 rings (SSSR count). The monoisotopic (exact) mass is 491 g/mol. The molecule has 1 atom stereocenters. The molecule has 3 fully saturated rings. The molecule has 0 amide bonds. The maximum atomic E-state index is 4.57. The summed E-state index contributed by atoms with van der Waals surface area (Å²) in [7, 11) is 1.94. The van der Waals surface area contributed by atoms with Crippen molar-refractivity contribution < 1.29 is 0 Å². The van der Waals surface area contributed by atoms with Crippen molar-refractivity contribution >= 4 is 29.9 Å². The lowest BCUT2D eigenvalue weighted by Crippen LogP contribution is -2.42. The molecular formula is C21H42IN5. The molecule has 0 aromatic heterocycles. The van der Waals surface area contributed by atoms with Gasteiger partial charge in [0, 0.05) is 33.2 Å². The Bertz CT molecular complexity index is 430. The van der Waals surface area contributed by atoms with E-state index in [1.165, 1.54) is 97.3 Å². The van der Waals surface area contributed by atoms with Gasteiger partial charge in [-0.25, -0.2) is 0 Å². The molecular weight excluding hydrogens is 449 g/mol. The van der Waals surface area contributed by atoms with E-state index in [1.807, 2.05) is 7.05 Å². The Labute approximate surface area is 184 Å². The molecule has 0 radical (unpaired) electrons. The van der Waals surface area contributed by atoms with Gasteiger partial charge in [0.15, 0.2) is 5.96 Å². The van der Waals surface area contributed by atoms with Crippen molar-refractivity contribution in [2.75, 3.05) is 66.0 Å². The van der Waals surface area contributed by atoms with Crippen molar-refractivity contribution in [1.82, 2.24) is 20.0 Å². The first-order valence-corrected chi connectivity index (χ1v) is 11.2. The topological polar surface area (TPSA) is 34.1 Å². The van der Waals surface area contributed by atoms with Gasteiger partial charge in [-0.05, 0) is 83.1 Å². The fourth-order valence-corrected chi connectivity index (χ4v) is 4.99. The highest BCUT2D eigenvalue weighted by atomic mass is 127. The molecule has 0 bridgehead atoms. The minimum Gasteiger partial charge on any atom is -0.356 e. The van der Waals surface area contributed by atoms with Gasteiger partial charge in [0.05, 0.1) is 0 Å². The molecule has 6 heteroatoms. The van der Waals surface area contributed by atoms with E-state index in [0.717, 1.165) is 24.3 Å². The summed E-state index contributed by atoms with van der Waals surface area (Å²) >= 11 is 0. The molecule has 27 heavy (non-hydrogen) atoms. The van der Waals surface area contributed by atoms with Gasteiger partial charge in [-0.2, -0.15) is 0 Å². The third-order valence-corrected chi connectivity index (χ3v) is 6.75. The summed E-state index contributed by atoms with van der Waals surface area (Å²) in [6, 6.07) is 0. The number of piperidine rings is 2. The Morgan fingerprint density at radius 1 is 0.926 bits per heavy atom. The standard InChI is InChI=1S/C21H41N5.HI/c1-3-24-14-8-19(9-15-24)7-11-23-21(22-2)26-16-10-20(18-26)17-25-12-5-4-6-13-25;/h19-20H,3-18H2,1-2H3,(H,22,23);1H. The second-order valence-electron chi connectivity index (χ2n) is 8.60. The van der Waals surface area contributed by atoms with E-state index in [9.17, 15) is 0 Å². The Morgan fingerprint density at radius 3 is 2.30 bits per heavy atom. The number of hydrogen-bond acceptors (Lipinski definition) is 3. The van der Waals surface area contributed by atoms with E-state index in [1.54, 1.807) is 0 Å².